The molecule has 8 heteroatoms. The molecule has 1 N–H and O–H groups in total. The van der Waals surface area contributed by atoms with Gasteiger partial charge in [-0.25, -0.2) is 4.98 Å². The Labute approximate surface area is 108 Å². The summed E-state index contributed by atoms with van der Waals surface area (Å²) < 4.78 is 41.9. The molecule has 18 heavy (non-hydrogen) atoms. The molecule has 1 rings (SSSR count). The second-order valence-electron chi connectivity index (χ2n) is 3.80. The normalized spacial score (nSPS) is 11.9. The number of ether oxygens (including phenoxy) is 1. The van der Waals surface area contributed by atoms with Crippen LogP contribution in [0.2, 0.25) is 0 Å². The molecule has 0 amide bonds. The summed E-state index contributed by atoms with van der Waals surface area (Å²) in [6.45, 7) is -0.143. The number of alkyl halides is 3. The van der Waals surface area contributed by atoms with E-state index < -0.39 is 12.7 Å². The monoisotopic (exact) mass is 283 g/mol. The lowest BCUT2D eigenvalue weighted by Crippen LogP contribution is -2.30. The van der Waals surface area contributed by atoms with Gasteiger partial charge < -0.3 is 15.0 Å². The SMILES string of the molecule is CNCc1sc(N(C)CC(F)(F)F)nc1COC. The van der Waals surface area contributed by atoms with Gasteiger partial charge in [0.2, 0.25) is 0 Å². The molecule has 0 saturated heterocycles. The summed E-state index contributed by atoms with van der Waals surface area (Å²) in [4.78, 5) is 6.17. The number of aromatic nitrogens is 1. The molecule has 0 aliphatic heterocycles. The molecule has 1 aromatic heterocycles. The number of thiazole rings is 1. The standard InChI is InChI=1S/C10H16F3N3OS/c1-14-4-8-7(5-17-3)15-9(18-8)16(2)6-10(11,12)13/h14H,4-6H2,1-3H3. The Morgan fingerprint density at radius 3 is 2.61 bits per heavy atom. The first-order valence-corrected chi connectivity index (χ1v) is 6.09. The van der Waals surface area contributed by atoms with E-state index in [2.05, 4.69) is 10.3 Å². The van der Waals surface area contributed by atoms with Crippen LogP contribution >= 0.6 is 11.3 Å². The largest absolute Gasteiger partial charge is 0.405 e. The third kappa shape index (κ3) is 4.43. The molecule has 1 heterocycles. The lowest BCUT2D eigenvalue weighted by molar-refractivity contribution is -0.119. The number of halogens is 3. The van der Waals surface area contributed by atoms with Gasteiger partial charge in [0, 0.05) is 25.6 Å². The van der Waals surface area contributed by atoms with Crippen LogP contribution in [0, 0.1) is 0 Å². The number of rotatable bonds is 6. The summed E-state index contributed by atoms with van der Waals surface area (Å²) in [5.41, 5.74) is 0.681. The van der Waals surface area contributed by atoms with E-state index in [1.54, 1.807) is 7.05 Å². The van der Waals surface area contributed by atoms with Gasteiger partial charge >= 0.3 is 6.18 Å². The predicted octanol–water partition coefficient (Wildman–Crippen LogP) is 2.01. The van der Waals surface area contributed by atoms with Crippen molar-refractivity contribution in [3.63, 3.8) is 0 Å². The van der Waals surface area contributed by atoms with Crippen LogP contribution in [0.4, 0.5) is 18.3 Å². The highest BCUT2D eigenvalue weighted by atomic mass is 32.1. The van der Waals surface area contributed by atoms with Gasteiger partial charge in [-0.2, -0.15) is 13.2 Å². The predicted molar refractivity (Wildman–Crippen MR) is 64.9 cm³/mol. The van der Waals surface area contributed by atoms with Gasteiger partial charge in [0.25, 0.3) is 0 Å². The van der Waals surface area contributed by atoms with Gasteiger partial charge in [-0.05, 0) is 7.05 Å². The average Bonchev–Trinajstić information content (AvgIpc) is 2.61. The number of nitrogens with one attached hydrogen (secondary N) is 1. The van der Waals surface area contributed by atoms with Gasteiger partial charge in [-0.15, -0.1) is 11.3 Å². The summed E-state index contributed by atoms with van der Waals surface area (Å²) in [6, 6.07) is 0. The molecule has 0 aliphatic carbocycles. The second-order valence-corrected chi connectivity index (χ2v) is 4.86. The first-order chi connectivity index (χ1) is 8.37. The maximum absolute atomic E-state index is 12.3. The molecule has 0 spiro atoms. The quantitative estimate of drug-likeness (QED) is 0.866. The zero-order chi connectivity index (χ0) is 13.8. The van der Waals surface area contributed by atoms with Crippen molar-refractivity contribution in [2.45, 2.75) is 19.3 Å². The molecule has 104 valence electrons. The van der Waals surface area contributed by atoms with Crippen LogP contribution in [0.15, 0.2) is 0 Å². The van der Waals surface area contributed by atoms with Crippen molar-refractivity contribution in [2.75, 3.05) is 32.6 Å². The molecule has 0 saturated carbocycles. The molecule has 0 radical (unpaired) electrons. The van der Waals surface area contributed by atoms with Crippen molar-refractivity contribution in [3.8, 4) is 0 Å². The molecule has 0 atom stereocenters. The molecule has 0 aliphatic rings. The summed E-state index contributed by atoms with van der Waals surface area (Å²) in [6.07, 6.45) is -4.23. The Balaban J connectivity index is 2.85. The fourth-order valence-corrected chi connectivity index (χ4v) is 2.45. The number of hydrogen-bond donors (Lipinski definition) is 1. The fourth-order valence-electron chi connectivity index (χ4n) is 1.42. The first-order valence-electron chi connectivity index (χ1n) is 5.27. The van der Waals surface area contributed by atoms with E-state index in [0.717, 1.165) is 9.78 Å². The molecule has 0 fully saturated rings. The van der Waals surface area contributed by atoms with Gasteiger partial charge in [-0.3, -0.25) is 0 Å². The minimum Gasteiger partial charge on any atom is -0.378 e. The Morgan fingerprint density at radius 1 is 1.44 bits per heavy atom. The Bertz CT molecular complexity index is 357. The minimum atomic E-state index is -4.23. The van der Waals surface area contributed by atoms with Crippen molar-refractivity contribution in [2.24, 2.45) is 0 Å². The molecular weight excluding hydrogens is 267 g/mol. The van der Waals surface area contributed by atoms with Crippen LogP contribution in [-0.4, -0.2) is 38.9 Å². The maximum Gasteiger partial charge on any atom is 0.405 e. The highest BCUT2D eigenvalue weighted by molar-refractivity contribution is 7.15. The smallest absolute Gasteiger partial charge is 0.378 e. The van der Waals surface area contributed by atoms with E-state index in [1.165, 1.54) is 25.5 Å². The summed E-state index contributed by atoms with van der Waals surface area (Å²) >= 11 is 1.25. The third-order valence-corrected chi connectivity index (χ3v) is 3.34. The zero-order valence-electron chi connectivity index (χ0n) is 10.5. The van der Waals surface area contributed by atoms with Crippen LogP contribution in [-0.2, 0) is 17.9 Å². The number of hydrogen-bond acceptors (Lipinski definition) is 5. The lowest BCUT2D eigenvalue weighted by Gasteiger charge is -2.17. The van der Waals surface area contributed by atoms with Gasteiger partial charge in [0.15, 0.2) is 5.13 Å². The summed E-state index contributed by atoms with van der Waals surface area (Å²) in [5, 5.41) is 3.31. The van der Waals surface area contributed by atoms with Crippen molar-refractivity contribution >= 4 is 16.5 Å². The summed E-state index contributed by atoms with van der Waals surface area (Å²) in [5.74, 6) is 0. The second kappa shape index (κ2) is 6.35. The number of anilines is 1. The van der Waals surface area contributed by atoms with Crippen LogP contribution in [0.3, 0.4) is 0 Å². The van der Waals surface area contributed by atoms with Crippen LogP contribution in [0.1, 0.15) is 10.6 Å². The van der Waals surface area contributed by atoms with E-state index in [0.29, 0.717) is 24.0 Å². The Morgan fingerprint density at radius 2 is 2.11 bits per heavy atom. The van der Waals surface area contributed by atoms with E-state index in [1.807, 2.05) is 0 Å². The fraction of sp³-hybridized carbons (Fsp3) is 0.700. The number of nitrogens with zero attached hydrogens (tertiary/aromatic N) is 2. The van der Waals surface area contributed by atoms with E-state index in [-0.39, 0.29) is 0 Å². The Hall–Kier alpha value is -0.860. The molecule has 0 unspecified atom stereocenters. The van der Waals surface area contributed by atoms with Crippen molar-refractivity contribution < 1.29 is 17.9 Å². The number of methoxy groups -OCH3 is 1. The summed E-state index contributed by atoms with van der Waals surface area (Å²) in [7, 11) is 4.68. The average molecular weight is 283 g/mol. The highest BCUT2D eigenvalue weighted by Crippen LogP contribution is 2.28. The lowest BCUT2D eigenvalue weighted by atomic mass is 10.4. The first kappa shape index (κ1) is 15.2. The maximum atomic E-state index is 12.3. The van der Waals surface area contributed by atoms with E-state index in [4.69, 9.17) is 4.74 Å². The third-order valence-electron chi connectivity index (χ3n) is 2.13. The van der Waals surface area contributed by atoms with Crippen molar-refractivity contribution in [3.05, 3.63) is 10.6 Å². The molecular formula is C10H16F3N3OS. The molecule has 1 aromatic rings. The molecule has 0 aromatic carbocycles. The van der Waals surface area contributed by atoms with E-state index in [9.17, 15) is 13.2 Å². The van der Waals surface area contributed by atoms with E-state index >= 15 is 0 Å². The van der Waals surface area contributed by atoms with Gasteiger partial charge in [0.1, 0.15) is 6.54 Å². The minimum absolute atomic E-state index is 0.299. The van der Waals surface area contributed by atoms with Crippen molar-refractivity contribution in [1.82, 2.24) is 10.3 Å². The topological polar surface area (TPSA) is 37.4 Å². The van der Waals surface area contributed by atoms with Crippen molar-refractivity contribution in [1.29, 1.82) is 0 Å². The van der Waals surface area contributed by atoms with Gasteiger partial charge in [-0.1, -0.05) is 0 Å². The van der Waals surface area contributed by atoms with Crippen LogP contribution < -0.4 is 10.2 Å². The van der Waals surface area contributed by atoms with Crippen LogP contribution in [0.5, 0.6) is 0 Å². The van der Waals surface area contributed by atoms with Gasteiger partial charge in [0.05, 0.1) is 12.3 Å². The molecule has 4 nitrogen and oxygen atoms in total. The molecule has 0 bridgehead atoms. The zero-order valence-corrected chi connectivity index (χ0v) is 11.3. The highest BCUT2D eigenvalue weighted by Gasteiger charge is 2.30. The van der Waals surface area contributed by atoms with Crippen LogP contribution in [0.25, 0.3) is 0 Å². The Kier molecular flexibility index (Phi) is 5.36.